The van der Waals surface area contributed by atoms with Crippen LogP contribution in [0.25, 0.3) is 0 Å². The Labute approximate surface area is 109 Å². The molecular formula is C14H23N3O. The summed E-state index contributed by atoms with van der Waals surface area (Å²) in [7, 11) is 0. The van der Waals surface area contributed by atoms with Gasteiger partial charge in [0, 0.05) is 19.0 Å². The first kappa shape index (κ1) is 14.5. The average molecular weight is 249 g/mol. The third-order valence-electron chi connectivity index (χ3n) is 3.05. The Balaban J connectivity index is 2.40. The number of nitrogens with one attached hydrogen (secondary N) is 1. The predicted molar refractivity (Wildman–Crippen MR) is 74.8 cm³/mol. The Morgan fingerprint density at radius 1 is 1.28 bits per heavy atom. The number of hydrogen-bond acceptors (Lipinski definition) is 3. The highest BCUT2D eigenvalue weighted by Gasteiger charge is 2.06. The maximum Gasteiger partial charge on any atom is 0.143 e. The van der Waals surface area contributed by atoms with Crippen molar-refractivity contribution >= 4 is 5.84 Å². The molecule has 0 saturated heterocycles. The van der Waals surface area contributed by atoms with E-state index in [2.05, 4.69) is 48.6 Å². The van der Waals surface area contributed by atoms with E-state index in [9.17, 15) is 0 Å². The molecule has 0 aliphatic carbocycles. The summed E-state index contributed by atoms with van der Waals surface area (Å²) in [6.07, 6.45) is 0. The molecule has 1 rings (SSSR count). The summed E-state index contributed by atoms with van der Waals surface area (Å²) in [4.78, 5) is 0. The zero-order chi connectivity index (χ0) is 13.5. The van der Waals surface area contributed by atoms with Crippen molar-refractivity contribution in [1.82, 2.24) is 5.32 Å². The Kier molecular flexibility index (Phi) is 5.65. The minimum Gasteiger partial charge on any atom is -0.409 e. The van der Waals surface area contributed by atoms with E-state index >= 15 is 0 Å². The van der Waals surface area contributed by atoms with E-state index in [-0.39, 0.29) is 11.8 Å². The predicted octanol–water partition coefficient (Wildman–Crippen LogP) is 2.28. The van der Waals surface area contributed by atoms with E-state index in [0.717, 1.165) is 6.54 Å². The molecule has 0 fully saturated rings. The molecule has 0 spiro atoms. The van der Waals surface area contributed by atoms with Gasteiger partial charge in [0.05, 0.1) is 0 Å². The molecule has 1 aromatic carbocycles. The molecule has 0 amide bonds. The normalized spacial score (nSPS) is 13.9. The van der Waals surface area contributed by atoms with Crippen molar-refractivity contribution in [2.75, 3.05) is 6.54 Å². The van der Waals surface area contributed by atoms with Crippen LogP contribution in [0.1, 0.15) is 37.8 Å². The van der Waals surface area contributed by atoms with Crippen LogP contribution in [-0.4, -0.2) is 17.6 Å². The Morgan fingerprint density at radius 3 is 2.39 bits per heavy atom. The molecule has 0 aliphatic heterocycles. The Hall–Kier alpha value is -1.55. The highest BCUT2D eigenvalue weighted by molar-refractivity contribution is 5.82. The topological polar surface area (TPSA) is 70.6 Å². The second-order valence-electron chi connectivity index (χ2n) is 4.95. The van der Waals surface area contributed by atoms with Crippen molar-refractivity contribution in [2.24, 2.45) is 16.8 Å². The van der Waals surface area contributed by atoms with Crippen LogP contribution in [0.4, 0.5) is 0 Å². The third kappa shape index (κ3) is 4.37. The van der Waals surface area contributed by atoms with Gasteiger partial charge in [-0.25, -0.2) is 0 Å². The van der Waals surface area contributed by atoms with Gasteiger partial charge in [-0.2, -0.15) is 0 Å². The van der Waals surface area contributed by atoms with Crippen LogP contribution in [0.5, 0.6) is 0 Å². The molecule has 0 radical (unpaired) electrons. The number of nitrogens with two attached hydrogens (primary N) is 1. The maximum atomic E-state index is 8.54. The van der Waals surface area contributed by atoms with Crippen LogP contribution >= 0.6 is 0 Å². The first-order valence-electron chi connectivity index (χ1n) is 6.31. The summed E-state index contributed by atoms with van der Waals surface area (Å²) in [6.45, 7) is 7.78. The van der Waals surface area contributed by atoms with Crippen molar-refractivity contribution in [2.45, 2.75) is 33.2 Å². The maximum absolute atomic E-state index is 8.54. The smallest absolute Gasteiger partial charge is 0.143 e. The molecule has 1 unspecified atom stereocenters. The van der Waals surface area contributed by atoms with Gasteiger partial charge in [-0.3, -0.25) is 0 Å². The highest BCUT2D eigenvalue weighted by atomic mass is 16.4. The molecule has 18 heavy (non-hydrogen) atoms. The number of rotatable bonds is 6. The van der Waals surface area contributed by atoms with Gasteiger partial charge in [0.1, 0.15) is 5.84 Å². The van der Waals surface area contributed by atoms with E-state index in [4.69, 9.17) is 10.9 Å². The second-order valence-corrected chi connectivity index (χ2v) is 4.95. The molecule has 0 aromatic heterocycles. The van der Waals surface area contributed by atoms with E-state index in [1.165, 1.54) is 11.1 Å². The molecule has 4 N–H and O–H groups in total. The molecular weight excluding hydrogens is 226 g/mol. The third-order valence-corrected chi connectivity index (χ3v) is 3.05. The standard InChI is InChI=1S/C14H23N3O/c1-10(2)13-6-4-12(5-7-13)9-16-8-11(3)14(15)17-18/h4-7,10-11,16,18H,8-9H2,1-3H3,(H2,15,17). The van der Waals surface area contributed by atoms with Crippen molar-refractivity contribution in [3.8, 4) is 0 Å². The molecule has 100 valence electrons. The van der Waals surface area contributed by atoms with Crippen LogP contribution in [0, 0.1) is 5.92 Å². The van der Waals surface area contributed by atoms with Gasteiger partial charge in [0.15, 0.2) is 0 Å². The first-order chi connectivity index (χ1) is 8.54. The molecule has 4 heteroatoms. The lowest BCUT2D eigenvalue weighted by molar-refractivity contribution is 0.314. The SMILES string of the molecule is CC(CNCc1ccc(C(C)C)cc1)C(N)=NO. The summed E-state index contributed by atoms with van der Waals surface area (Å²) < 4.78 is 0. The Bertz CT molecular complexity index is 385. The van der Waals surface area contributed by atoms with E-state index in [1.54, 1.807) is 0 Å². The Morgan fingerprint density at radius 2 is 1.89 bits per heavy atom. The lowest BCUT2D eigenvalue weighted by Gasteiger charge is -2.11. The van der Waals surface area contributed by atoms with Gasteiger partial charge in [-0.1, -0.05) is 50.2 Å². The lowest BCUT2D eigenvalue weighted by atomic mass is 10.0. The van der Waals surface area contributed by atoms with Crippen molar-refractivity contribution in [1.29, 1.82) is 0 Å². The van der Waals surface area contributed by atoms with Crippen molar-refractivity contribution in [3.05, 3.63) is 35.4 Å². The largest absolute Gasteiger partial charge is 0.409 e. The van der Waals surface area contributed by atoms with Gasteiger partial charge in [-0.05, 0) is 17.0 Å². The second kappa shape index (κ2) is 7.01. The zero-order valence-electron chi connectivity index (χ0n) is 11.4. The fraction of sp³-hybridized carbons (Fsp3) is 0.500. The van der Waals surface area contributed by atoms with Crippen molar-refractivity contribution in [3.63, 3.8) is 0 Å². The van der Waals surface area contributed by atoms with Crippen LogP contribution in [0.2, 0.25) is 0 Å². The van der Waals surface area contributed by atoms with Crippen LogP contribution in [0.15, 0.2) is 29.4 Å². The molecule has 0 bridgehead atoms. The molecule has 0 aliphatic rings. The fourth-order valence-electron chi connectivity index (χ4n) is 1.66. The number of benzene rings is 1. The first-order valence-corrected chi connectivity index (χ1v) is 6.31. The van der Waals surface area contributed by atoms with Gasteiger partial charge in [-0.15, -0.1) is 0 Å². The summed E-state index contributed by atoms with van der Waals surface area (Å²) in [6, 6.07) is 8.59. The molecule has 1 atom stereocenters. The lowest BCUT2D eigenvalue weighted by Crippen LogP contribution is -2.31. The van der Waals surface area contributed by atoms with Crippen LogP contribution < -0.4 is 11.1 Å². The zero-order valence-corrected chi connectivity index (χ0v) is 11.4. The molecule has 1 aromatic rings. The van der Waals surface area contributed by atoms with Gasteiger partial charge in [0.2, 0.25) is 0 Å². The number of oxime groups is 1. The minimum atomic E-state index is 0.0323. The van der Waals surface area contributed by atoms with E-state index < -0.39 is 0 Å². The van der Waals surface area contributed by atoms with Crippen LogP contribution in [0.3, 0.4) is 0 Å². The molecule has 4 nitrogen and oxygen atoms in total. The number of amidine groups is 1. The summed E-state index contributed by atoms with van der Waals surface area (Å²) in [5.74, 6) is 0.857. The minimum absolute atomic E-state index is 0.0323. The fourth-order valence-corrected chi connectivity index (χ4v) is 1.66. The van der Waals surface area contributed by atoms with Crippen molar-refractivity contribution < 1.29 is 5.21 Å². The molecule has 0 saturated carbocycles. The number of nitrogens with zero attached hydrogens (tertiary/aromatic N) is 1. The monoisotopic (exact) mass is 249 g/mol. The van der Waals surface area contributed by atoms with E-state index in [1.807, 2.05) is 6.92 Å². The van der Waals surface area contributed by atoms with E-state index in [0.29, 0.717) is 12.5 Å². The summed E-state index contributed by atoms with van der Waals surface area (Å²) >= 11 is 0. The van der Waals surface area contributed by atoms with Gasteiger partial charge in [0.25, 0.3) is 0 Å². The highest BCUT2D eigenvalue weighted by Crippen LogP contribution is 2.14. The summed E-state index contributed by atoms with van der Waals surface area (Å²) in [5.41, 5.74) is 8.10. The van der Waals surface area contributed by atoms with Gasteiger partial charge < -0.3 is 16.3 Å². The van der Waals surface area contributed by atoms with Gasteiger partial charge >= 0.3 is 0 Å². The molecule has 0 heterocycles. The number of hydrogen-bond donors (Lipinski definition) is 3. The quantitative estimate of drug-likeness (QED) is 0.313. The average Bonchev–Trinajstić information content (AvgIpc) is 2.38. The van der Waals surface area contributed by atoms with Crippen LogP contribution in [-0.2, 0) is 6.54 Å². The summed E-state index contributed by atoms with van der Waals surface area (Å²) in [5, 5.41) is 14.8.